The third-order valence-electron chi connectivity index (χ3n) is 3.72. The van der Waals surface area contributed by atoms with E-state index in [2.05, 4.69) is 27.1 Å². The average molecular weight is 366 g/mol. The first-order valence-corrected chi connectivity index (χ1v) is 8.72. The van der Waals surface area contributed by atoms with E-state index in [1.165, 1.54) is 7.11 Å². The molecule has 1 heterocycles. The maximum atomic E-state index is 11.9. The van der Waals surface area contributed by atoms with Gasteiger partial charge in [0.15, 0.2) is 0 Å². The molecular weight excluding hydrogens is 342 g/mol. The zero-order valence-electron chi connectivity index (χ0n) is 15.1. The van der Waals surface area contributed by atoms with Gasteiger partial charge in [-0.25, -0.2) is 9.78 Å². The summed E-state index contributed by atoms with van der Waals surface area (Å²) in [4.78, 5) is 19.9. The van der Waals surface area contributed by atoms with E-state index >= 15 is 0 Å². The molecule has 0 aliphatic heterocycles. The number of carbonyl (C=O) groups excluding carboxylic acids is 1. The summed E-state index contributed by atoms with van der Waals surface area (Å²) in [5.74, 6) is 6.87. The maximum absolute atomic E-state index is 11.9. The van der Waals surface area contributed by atoms with Gasteiger partial charge in [-0.15, -0.1) is 0 Å². The number of hydrogen-bond donors (Lipinski definition) is 1. The number of rotatable bonds is 2. The molecule has 0 bridgehead atoms. The molecule has 0 aromatic carbocycles. The Morgan fingerprint density at radius 3 is 2.84 bits per heavy atom. The van der Waals surface area contributed by atoms with Crippen LogP contribution in [0.5, 0.6) is 5.88 Å². The second-order valence-corrected chi connectivity index (χ2v) is 7.38. The Labute approximate surface area is 153 Å². The second-order valence-electron chi connectivity index (χ2n) is 7.04. The van der Waals surface area contributed by atoms with Gasteiger partial charge in [-0.3, -0.25) is 0 Å². The highest BCUT2D eigenvalue weighted by atomic mass is 35.5. The Kier molecular flexibility index (Phi) is 6.49. The van der Waals surface area contributed by atoms with Gasteiger partial charge in [0.05, 0.1) is 13.3 Å². The number of methoxy groups -OCH3 is 1. The number of nitrogens with zero attached hydrogens (tertiary/aromatic N) is 2. The van der Waals surface area contributed by atoms with Crippen LogP contribution in [-0.4, -0.2) is 34.8 Å². The van der Waals surface area contributed by atoms with Crippen LogP contribution in [-0.2, 0) is 4.74 Å². The van der Waals surface area contributed by atoms with Gasteiger partial charge in [0, 0.05) is 12.0 Å². The number of nitrogens with one attached hydrogen (secondary N) is 1. The van der Waals surface area contributed by atoms with Crippen molar-refractivity contribution >= 4 is 17.7 Å². The van der Waals surface area contributed by atoms with Crippen molar-refractivity contribution < 1.29 is 14.3 Å². The molecule has 0 spiro atoms. The molecule has 136 valence electrons. The summed E-state index contributed by atoms with van der Waals surface area (Å²) in [5, 5.41) is 3.06. The monoisotopic (exact) mass is 365 g/mol. The minimum Gasteiger partial charge on any atom is -0.480 e. The van der Waals surface area contributed by atoms with Crippen molar-refractivity contribution in [3.63, 3.8) is 0 Å². The number of carbonyl (C=O) groups is 1. The van der Waals surface area contributed by atoms with Crippen LogP contribution in [0.1, 0.15) is 52.0 Å². The smallest absolute Gasteiger partial charge is 0.407 e. The van der Waals surface area contributed by atoms with Crippen LogP contribution in [0.4, 0.5) is 4.79 Å². The summed E-state index contributed by atoms with van der Waals surface area (Å²) < 4.78 is 10.5. The summed E-state index contributed by atoms with van der Waals surface area (Å²) in [5.41, 5.74) is 0.109. The van der Waals surface area contributed by atoms with E-state index in [0.29, 0.717) is 11.4 Å². The first kappa shape index (κ1) is 19.3. The highest BCUT2D eigenvalue weighted by Crippen LogP contribution is 2.24. The molecule has 0 saturated heterocycles. The zero-order chi connectivity index (χ0) is 18.4. The van der Waals surface area contributed by atoms with Crippen LogP contribution < -0.4 is 10.1 Å². The Balaban J connectivity index is 1.97. The van der Waals surface area contributed by atoms with Crippen molar-refractivity contribution in [1.29, 1.82) is 0 Å². The fraction of sp³-hybridized carbons (Fsp3) is 0.611. The fourth-order valence-electron chi connectivity index (χ4n) is 2.69. The summed E-state index contributed by atoms with van der Waals surface area (Å²) in [6, 6.07) is 0.0752. The molecule has 0 unspecified atom stereocenters. The van der Waals surface area contributed by atoms with Gasteiger partial charge < -0.3 is 14.8 Å². The minimum atomic E-state index is -0.497. The molecular formula is C18H24ClN3O3. The van der Waals surface area contributed by atoms with E-state index in [1.54, 1.807) is 6.20 Å². The standard InChI is InChI=1S/C18H24ClN3O3/c1-18(2,3)25-17(23)21-14-7-5-6-12(10-14)8-9-13-11-20-16(19)22-15(13)24-4/h11-12,14H,5-7,10H2,1-4H3,(H,21,23)/t12-,14-/m0/s1. The SMILES string of the molecule is COc1nc(Cl)ncc1C#C[C@@H]1CCC[C@H](NC(=O)OC(C)(C)C)C1. The molecule has 0 radical (unpaired) electrons. The lowest BCUT2D eigenvalue weighted by molar-refractivity contribution is 0.0489. The summed E-state index contributed by atoms with van der Waals surface area (Å²) in [6.07, 6.45) is 4.91. The molecule has 1 aromatic heterocycles. The Morgan fingerprint density at radius 1 is 1.40 bits per heavy atom. The zero-order valence-corrected chi connectivity index (χ0v) is 15.8. The molecule has 6 nitrogen and oxygen atoms in total. The van der Waals surface area contributed by atoms with Crippen LogP contribution in [0, 0.1) is 17.8 Å². The van der Waals surface area contributed by atoms with Gasteiger partial charge in [-0.2, -0.15) is 4.98 Å². The second kappa shape index (κ2) is 8.39. The first-order valence-electron chi connectivity index (χ1n) is 8.34. The van der Waals surface area contributed by atoms with E-state index in [-0.39, 0.29) is 23.3 Å². The number of amides is 1. The van der Waals surface area contributed by atoms with Gasteiger partial charge in [-0.05, 0) is 51.6 Å². The van der Waals surface area contributed by atoms with Crippen LogP contribution in [0.2, 0.25) is 5.28 Å². The minimum absolute atomic E-state index is 0.0752. The molecule has 1 aliphatic rings. The Morgan fingerprint density at radius 2 is 2.16 bits per heavy atom. The molecule has 1 aromatic rings. The molecule has 25 heavy (non-hydrogen) atoms. The van der Waals surface area contributed by atoms with E-state index in [1.807, 2.05) is 20.8 Å². The van der Waals surface area contributed by atoms with E-state index in [9.17, 15) is 4.79 Å². The molecule has 1 fully saturated rings. The number of aromatic nitrogens is 2. The largest absolute Gasteiger partial charge is 0.480 e. The molecule has 1 aliphatic carbocycles. The highest BCUT2D eigenvalue weighted by molar-refractivity contribution is 6.28. The Hall–Kier alpha value is -2.00. The fourth-order valence-corrected chi connectivity index (χ4v) is 2.82. The number of halogens is 1. The quantitative estimate of drug-likeness (QED) is 0.640. The molecule has 7 heteroatoms. The van der Waals surface area contributed by atoms with Gasteiger partial charge >= 0.3 is 6.09 Å². The molecule has 1 N–H and O–H groups in total. The predicted octanol–water partition coefficient (Wildman–Crippen LogP) is 3.57. The van der Waals surface area contributed by atoms with Crippen LogP contribution in [0.3, 0.4) is 0 Å². The van der Waals surface area contributed by atoms with Crippen molar-refractivity contribution in [3.05, 3.63) is 17.0 Å². The van der Waals surface area contributed by atoms with Crippen molar-refractivity contribution in [2.24, 2.45) is 5.92 Å². The molecule has 2 atom stereocenters. The highest BCUT2D eigenvalue weighted by Gasteiger charge is 2.24. The van der Waals surface area contributed by atoms with Crippen molar-refractivity contribution in [1.82, 2.24) is 15.3 Å². The summed E-state index contributed by atoms with van der Waals surface area (Å²) >= 11 is 5.76. The number of ether oxygens (including phenoxy) is 2. The maximum Gasteiger partial charge on any atom is 0.407 e. The summed E-state index contributed by atoms with van der Waals surface area (Å²) in [7, 11) is 1.52. The van der Waals surface area contributed by atoms with Crippen LogP contribution >= 0.6 is 11.6 Å². The molecule has 1 amide bonds. The van der Waals surface area contributed by atoms with E-state index in [4.69, 9.17) is 21.1 Å². The summed E-state index contributed by atoms with van der Waals surface area (Å²) in [6.45, 7) is 5.55. The normalized spacial score (nSPS) is 20.2. The lowest BCUT2D eigenvalue weighted by Gasteiger charge is -2.28. The van der Waals surface area contributed by atoms with Gasteiger partial charge in [0.2, 0.25) is 11.2 Å². The van der Waals surface area contributed by atoms with Crippen molar-refractivity contribution in [2.75, 3.05) is 7.11 Å². The van der Waals surface area contributed by atoms with Crippen molar-refractivity contribution in [3.8, 4) is 17.7 Å². The van der Waals surface area contributed by atoms with Crippen LogP contribution in [0.25, 0.3) is 0 Å². The van der Waals surface area contributed by atoms with Crippen LogP contribution in [0.15, 0.2) is 6.20 Å². The van der Waals surface area contributed by atoms with Crippen molar-refractivity contribution in [2.45, 2.75) is 58.1 Å². The Bertz CT molecular complexity index is 676. The third kappa shape index (κ3) is 6.43. The molecule has 2 rings (SSSR count). The molecule has 1 saturated carbocycles. The van der Waals surface area contributed by atoms with Gasteiger partial charge in [-0.1, -0.05) is 18.3 Å². The number of hydrogen-bond acceptors (Lipinski definition) is 5. The first-order chi connectivity index (χ1) is 11.8. The van der Waals surface area contributed by atoms with Gasteiger partial charge in [0.25, 0.3) is 0 Å². The van der Waals surface area contributed by atoms with E-state index < -0.39 is 5.60 Å². The third-order valence-corrected chi connectivity index (χ3v) is 3.91. The number of alkyl carbamates (subject to hydrolysis) is 1. The average Bonchev–Trinajstić information content (AvgIpc) is 2.52. The van der Waals surface area contributed by atoms with Gasteiger partial charge in [0.1, 0.15) is 11.2 Å². The van der Waals surface area contributed by atoms with E-state index in [0.717, 1.165) is 25.7 Å². The predicted molar refractivity (Wildman–Crippen MR) is 95.6 cm³/mol. The lowest BCUT2D eigenvalue weighted by Crippen LogP contribution is -2.41. The topological polar surface area (TPSA) is 73.3 Å². The lowest BCUT2D eigenvalue weighted by atomic mass is 9.86.